The van der Waals surface area contributed by atoms with Crippen LogP contribution in [0.1, 0.15) is 42.9 Å². The molecule has 8 nitrogen and oxygen atoms in total. The van der Waals surface area contributed by atoms with Crippen molar-refractivity contribution < 1.29 is 14.5 Å². The van der Waals surface area contributed by atoms with Crippen LogP contribution < -0.4 is 0 Å². The van der Waals surface area contributed by atoms with Gasteiger partial charge in [-0.05, 0) is 12.8 Å². The average molecular weight is 296 g/mol. The summed E-state index contributed by atoms with van der Waals surface area (Å²) in [7, 11) is 0. The minimum Gasteiger partial charge on any atom is -0.375 e. The van der Waals surface area contributed by atoms with Crippen molar-refractivity contribution >= 4 is 11.6 Å². The number of morpholine rings is 1. The lowest BCUT2D eigenvalue weighted by atomic mass is 10.1. The summed E-state index contributed by atoms with van der Waals surface area (Å²) in [6, 6.07) is 0. The number of ether oxygens (including phenoxy) is 1. The Morgan fingerprint density at radius 3 is 2.95 bits per heavy atom. The summed E-state index contributed by atoms with van der Waals surface area (Å²) in [5, 5.41) is 17.8. The highest BCUT2D eigenvalue weighted by Gasteiger charge is 2.33. The fourth-order valence-electron chi connectivity index (χ4n) is 2.44. The molecule has 0 saturated carbocycles. The quantitative estimate of drug-likeness (QED) is 0.655. The highest BCUT2D eigenvalue weighted by Crippen LogP contribution is 2.24. The molecule has 21 heavy (non-hydrogen) atoms. The largest absolute Gasteiger partial charge is 0.375 e. The standard InChI is InChI=1S/C13H20N4O4/c1-3-5-10-12(17(19)20)11(15-14-10)13(18)16-6-7-21-9(4-2)8-16/h9H,3-8H2,1-2H3,(H,14,15)/t9-/m1/s1. The predicted octanol–water partition coefficient (Wildman–Crippen LogP) is 1.52. The number of aryl methyl sites for hydroxylation is 1. The molecule has 1 aromatic heterocycles. The molecule has 0 radical (unpaired) electrons. The van der Waals surface area contributed by atoms with Gasteiger partial charge in [-0.15, -0.1) is 0 Å². The zero-order valence-electron chi connectivity index (χ0n) is 12.3. The number of nitrogens with zero attached hydrogens (tertiary/aromatic N) is 3. The van der Waals surface area contributed by atoms with Crippen LogP contribution in [-0.2, 0) is 11.2 Å². The van der Waals surface area contributed by atoms with Crippen LogP contribution in [0.15, 0.2) is 0 Å². The first-order valence-corrected chi connectivity index (χ1v) is 7.20. The number of nitro groups is 1. The molecular weight excluding hydrogens is 276 g/mol. The maximum absolute atomic E-state index is 12.5. The number of carbonyl (C=O) groups is 1. The van der Waals surface area contributed by atoms with E-state index in [4.69, 9.17) is 4.74 Å². The lowest BCUT2D eigenvalue weighted by Crippen LogP contribution is -2.45. The Kier molecular flexibility index (Phi) is 4.89. The number of aromatic nitrogens is 2. The van der Waals surface area contributed by atoms with Crippen LogP contribution in [0.5, 0.6) is 0 Å². The van der Waals surface area contributed by atoms with Crippen molar-refractivity contribution in [2.45, 2.75) is 39.2 Å². The monoisotopic (exact) mass is 296 g/mol. The molecule has 116 valence electrons. The molecule has 0 bridgehead atoms. The summed E-state index contributed by atoms with van der Waals surface area (Å²) in [6.07, 6.45) is 2.02. The lowest BCUT2D eigenvalue weighted by Gasteiger charge is -2.31. The van der Waals surface area contributed by atoms with E-state index >= 15 is 0 Å². The molecule has 1 atom stereocenters. The summed E-state index contributed by atoms with van der Waals surface area (Å²) in [5.74, 6) is -0.401. The summed E-state index contributed by atoms with van der Waals surface area (Å²) in [6.45, 7) is 5.23. The summed E-state index contributed by atoms with van der Waals surface area (Å²) in [4.78, 5) is 24.8. The summed E-state index contributed by atoms with van der Waals surface area (Å²) >= 11 is 0. The van der Waals surface area contributed by atoms with Crippen molar-refractivity contribution in [3.05, 3.63) is 21.5 Å². The zero-order valence-corrected chi connectivity index (χ0v) is 12.3. The molecule has 0 spiro atoms. The molecule has 8 heteroatoms. The third-order valence-electron chi connectivity index (χ3n) is 3.58. The Morgan fingerprint density at radius 2 is 2.33 bits per heavy atom. The highest BCUT2D eigenvalue weighted by molar-refractivity contribution is 5.96. The Labute approximate surface area is 122 Å². The second-order valence-electron chi connectivity index (χ2n) is 5.06. The smallest absolute Gasteiger partial charge is 0.322 e. The van der Waals surface area contributed by atoms with Crippen molar-refractivity contribution in [1.82, 2.24) is 15.1 Å². The lowest BCUT2D eigenvalue weighted by molar-refractivity contribution is -0.385. The molecule has 1 aromatic rings. The summed E-state index contributed by atoms with van der Waals surface area (Å²) < 4.78 is 5.51. The second-order valence-corrected chi connectivity index (χ2v) is 5.06. The maximum atomic E-state index is 12.5. The molecule has 1 amide bonds. The number of hydrogen-bond donors (Lipinski definition) is 1. The van der Waals surface area contributed by atoms with Crippen molar-refractivity contribution in [2.75, 3.05) is 19.7 Å². The normalized spacial score (nSPS) is 18.8. The molecule has 1 aliphatic heterocycles. The van der Waals surface area contributed by atoms with E-state index in [1.54, 1.807) is 4.90 Å². The van der Waals surface area contributed by atoms with E-state index in [0.717, 1.165) is 12.8 Å². The van der Waals surface area contributed by atoms with E-state index in [0.29, 0.717) is 31.8 Å². The van der Waals surface area contributed by atoms with Gasteiger partial charge in [0, 0.05) is 13.1 Å². The van der Waals surface area contributed by atoms with Gasteiger partial charge in [0.05, 0.1) is 17.6 Å². The zero-order chi connectivity index (χ0) is 15.4. The molecule has 0 aliphatic carbocycles. The molecule has 1 aliphatic rings. The van der Waals surface area contributed by atoms with Gasteiger partial charge in [-0.25, -0.2) is 0 Å². The van der Waals surface area contributed by atoms with E-state index in [1.165, 1.54) is 0 Å². The topological polar surface area (TPSA) is 101 Å². The Balaban J connectivity index is 2.24. The van der Waals surface area contributed by atoms with Gasteiger partial charge in [0.1, 0.15) is 5.69 Å². The Hall–Kier alpha value is -1.96. The number of carbonyl (C=O) groups excluding carboxylic acids is 1. The van der Waals surface area contributed by atoms with E-state index < -0.39 is 10.8 Å². The van der Waals surface area contributed by atoms with Gasteiger partial charge < -0.3 is 9.64 Å². The van der Waals surface area contributed by atoms with E-state index in [1.807, 2.05) is 13.8 Å². The molecule has 1 N–H and O–H groups in total. The first kappa shape index (κ1) is 15.4. The van der Waals surface area contributed by atoms with Crippen molar-refractivity contribution in [3.8, 4) is 0 Å². The minimum absolute atomic E-state index is 0.0178. The van der Waals surface area contributed by atoms with Crippen LogP contribution in [0.4, 0.5) is 5.69 Å². The van der Waals surface area contributed by atoms with Crippen molar-refractivity contribution in [1.29, 1.82) is 0 Å². The van der Waals surface area contributed by atoms with Gasteiger partial charge in [0.2, 0.25) is 5.69 Å². The predicted molar refractivity (Wildman–Crippen MR) is 75.2 cm³/mol. The molecule has 2 heterocycles. The maximum Gasteiger partial charge on any atom is 0.322 e. The number of amides is 1. The van der Waals surface area contributed by atoms with Gasteiger partial charge in [-0.2, -0.15) is 5.10 Å². The summed E-state index contributed by atoms with van der Waals surface area (Å²) in [5.41, 5.74) is 0.118. The fraction of sp³-hybridized carbons (Fsp3) is 0.692. The molecule has 0 aromatic carbocycles. The first-order valence-electron chi connectivity index (χ1n) is 7.20. The van der Waals surface area contributed by atoms with Gasteiger partial charge in [-0.1, -0.05) is 20.3 Å². The number of hydrogen-bond acceptors (Lipinski definition) is 5. The van der Waals surface area contributed by atoms with Crippen LogP contribution in [0.2, 0.25) is 0 Å². The van der Waals surface area contributed by atoms with Gasteiger partial charge in [-0.3, -0.25) is 20.0 Å². The SMILES string of the molecule is CCCc1[nH]nc(C(=O)N2CCO[C@H](CC)C2)c1[N+](=O)[O-]. The van der Waals surface area contributed by atoms with E-state index in [-0.39, 0.29) is 17.5 Å². The average Bonchev–Trinajstić information content (AvgIpc) is 2.91. The first-order chi connectivity index (χ1) is 10.1. The highest BCUT2D eigenvalue weighted by atomic mass is 16.6. The second kappa shape index (κ2) is 6.66. The van der Waals surface area contributed by atoms with Crippen molar-refractivity contribution in [3.63, 3.8) is 0 Å². The van der Waals surface area contributed by atoms with E-state index in [9.17, 15) is 14.9 Å². The van der Waals surface area contributed by atoms with Crippen LogP contribution in [0.25, 0.3) is 0 Å². The van der Waals surface area contributed by atoms with Gasteiger partial charge in [0.15, 0.2) is 0 Å². The molecule has 0 unspecified atom stereocenters. The molecule has 1 saturated heterocycles. The van der Waals surface area contributed by atoms with E-state index in [2.05, 4.69) is 10.2 Å². The van der Waals surface area contributed by atoms with Crippen LogP contribution >= 0.6 is 0 Å². The third-order valence-corrected chi connectivity index (χ3v) is 3.58. The van der Waals surface area contributed by atoms with Gasteiger partial charge in [0.25, 0.3) is 5.91 Å². The fourth-order valence-corrected chi connectivity index (χ4v) is 2.44. The van der Waals surface area contributed by atoms with Crippen molar-refractivity contribution in [2.24, 2.45) is 0 Å². The molecule has 1 fully saturated rings. The van der Waals surface area contributed by atoms with Crippen LogP contribution in [0, 0.1) is 10.1 Å². The Bertz CT molecular complexity index is 528. The number of rotatable bonds is 5. The minimum atomic E-state index is -0.528. The van der Waals surface area contributed by atoms with Crippen LogP contribution in [0.3, 0.4) is 0 Å². The number of H-pyrrole nitrogens is 1. The molecular formula is C13H20N4O4. The third kappa shape index (κ3) is 3.21. The molecule has 2 rings (SSSR count). The Morgan fingerprint density at radius 1 is 1.57 bits per heavy atom. The number of nitrogens with one attached hydrogen (secondary N) is 1. The van der Waals surface area contributed by atoms with Crippen LogP contribution in [-0.4, -0.2) is 51.7 Å². The number of aromatic amines is 1. The van der Waals surface area contributed by atoms with Gasteiger partial charge >= 0.3 is 5.69 Å².